The lowest BCUT2D eigenvalue weighted by molar-refractivity contribution is -0.138. The Balaban J connectivity index is 1.46. The van der Waals surface area contributed by atoms with E-state index in [9.17, 15) is 4.79 Å². The number of amides is 1. The number of rotatable bonds is 3. The maximum atomic E-state index is 12.6. The van der Waals surface area contributed by atoms with E-state index in [1.807, 2.05) is 6.20 Å². The van der Waals surface area contributed by atoms with Crippen LogP contribution in [0.1, 0.15) is 37.5 Å². The first kappa shape index (κ1) is 15.7. The molecular weight excluding hydrogens is 296 g/mol. The van der Waals surface area contributed by atoms with Gasteiger partial charge in [-0.05, 0) is 44.7 Å². The number of anilines is 1. The molecule has 6 heteroatoms. The minimum Gasteiger partial charge on any atom is -0.375 e. The second-order valence-electron chi connectivity index (χ2n) is 6.72. The summed E-state index contributed by atoms with van der Waals surface area (Å²) in [5.41, 5.74) is 5.68. The summed E-state index contributed by atoms with van der Waals surface area (Å²) in [5.74, 6) is 1.41. The highest BCUT2D eigenvalue weighted by molar-refractivity contribution is 7.15. The van der Waals surface area contributed by atoms with Crippen molar-refractivity contribution in [1.29, 1.82) is 0 Å². The van der Waals surface area contributed by atoms with Crippen molar-refractivity contribution in [2.75, 3.05) is 31.9 Å². The topological polar surface area (TPSA) is 62.5 Å². The van der Waals surface area contributed by atoms with Crippen molar-refractivity contribution in [3.8, 4) is 0 Å². The number of likely N-dealkylation sites (tertiary alicyclic amines) is 2. The van der Waals surface area contributed by atoms with Crippen molar-refractivity contribution in [3.63, 3.8) is 0 Å². The van der Waals surface area contributed by atoms with E-state index in [1.54, 1.807) is 11.3 Å². The number of aromatic nitrogens is 1. The number of thiazole rings is 1. The van der Waals surface area contributed by atoms with Crippen LogP contribution in [-0.4, -0.2) is 46.9 Å². The smallest absolute Gasteiger partial charge is 0.225 e. The van der Waals surface area contributed by atoms with E-state index >= 15 is 0 Å². The van der Waals surface area contributed by atoms with Crippen molar-refractivity contribution in [2.24, 2.45) is 11.8 Å². The van der Waals surface area contributed by atoms with Crippen LogP contribution in [0.3, 0.4) is 0 Å². The van der Waals surface area contributed by atoms with E-state index in [-0.39, 0.29) is 5.92 Å². The largest absolute Gasteiger partial charge is 0.375 e. The summed E-state index contributed by atoms with van der Waals surface area (Å²) < 4.78 is 0. The summed E-state index contributed by atoms with van der Waals surface area (Å²) in [4.78, 5) is 22.4. The van der Waals surface area contributed by atoms with Crippen LogP contribution in [0.5, 0.6) is 0 Å². The average molecular weight is 322 g/mol. The van der Waals surface area contributed by atoms with Crippen LogP contribution in [0.25, 0.3) is 0 Å². The van der Waals surface area contributed by atoms with Crippen LogP contribution in [0.15, 0.2) is 6.20 Å². The van der Waals surface area contributed by atoms with Crippen LogP contribution in [0, 0.1) is 11.8 Å². The molecular formula is C16H26N4OS. The van der Waals surface area contributed by atoms with Crippen molar-refractivity contribution in [2.45, 2.75) is 39.2 Å². The number of carbonyl (C=O) groups excluding carboxylic acids is 1. The Morgan fingerprint density at radius 3 is 2.55 bits per heavy atom. The number of hydrogen-bond donors (Lipinski definition) is 1. The lowest BCUT2D eigenvalue weighted by Gasteiger charge is -2.36. The van der Waals surface area contributed by atoms with Gasteiger partial charge in [-0.25, -0.2) is 4.98 Å². The zero-order valence-corrected chi connectivity index (χ0v) is 14.1. The first-order valence-electron chi connectivity index (χ1n) is 8.33. The highest BCUT2D eigenvalue weighted by Crippen LogP contribution is 2.25. The molecule has 1 amide bonds. The van der Waals surface area contributed by atoms with Crippen molar-refractivity contribution >= 4 is 22.4 Å². The molecule has 0 bridgehead atoms. The lowest BCUT2D eigenvalue weighted by Crippen LogP contribution is -2.45. The monoisotopic (exact) mass is 322 g/mol. The van der Waals surface area contributed by atoms with Gasteiger partial charge in [-0.1, -0.05) is 6.92 Å². The fraction of sp³-hybridized carbons (Fsp3) is 0.750. The molecule has 0 radical (unpaired) electrons. The zero-order chi connectivity index (χ0) is 15.5. The van der Waals surface area contributed by atoms with E-state index in [0.717, 1.165) is 64.3 Å². The number of piperidine rings is 2. The van der Waals surface area contributed by atoms with Crippen molar-refractivity contribution in [3.05, 3.63) is 11.1 Å². The summed E-state index contributed by atoms with van der Waals surface area (Å²) in [5, 5.41) is 0.638. The van der Waals surface area contributed by atoms with Crippen molar-refractivity contribution in [1.82, 2.24) is 14.8 Å². The van der Waals surface area contributed by atoms with Crippen LogP contribution < -0.4 is 5.73 Å². The van der Waals surface area contributed by atoms with Gasteiger partial charge in [-0.2, -0.15) is 0 Å². The zero-order valence-electron chi connectivity index (χ0n) is 13.3. The van der Waals surface area contributed by atoms with Crippen LogP contribution >= 0.6 is 11.3 Å². The third kappa shape index (κ3) is 3.79. The van der Waals surface area contributed by atoms with Crippen molar-refractivity contribution < 1.29 is 4.79 Å². The summed E-state index contributed by atoms with van der Waals surface area (Å²) in [6.07, 6.45) is 6.17. The molecule has 0 saturated carbocycles. The first-order chi connectivity index (χ1) is 10.6. The average Bonchev–Trinajstić information content (AvgIpc) is 2.93. The standard InChI is InChI=1S/C16H26N4OS/c1-12-2-8-20(9-3-12)15(21)13-4-6-19(7-5-13)11-14-10-18-16(17)22-14/h10,12-13H,2-9,11H2,1H3,(H2,17,18). The lowest BCUT2D eigenvalue weighted by atomic mass is 9.92. The molecule has 3 rings (SSSR count). The van der Waals surface area contributed by atoms with E-state index in [1.165, 1.54) is 4.88 Å². The third-order valence-electron chi connectivity index (χ3n) is 4.98. The summed E-state index contributed by atoms with van der Waals surface area (Å²) in [6.45, 7) is 7.11. The third-order valence-corrected chi connectivity index (χ3v) is 5.79. The molecule has 2 N–H and O–H groups in total. The fourth-order valence-corrected chi connectivity index (χ4v) is 4.17. The Morgan fingerprint density at radius 2 is 1.95 bits per heavy atom. The number of nitrogens with zero attached hydrogens (tertiary/aromatic N) is 3. The minimum absolute atomic E-state index is 0.233. The highest BCUT2D eigenvalue weighted by Gasteiger charge is 2.30. The van der Waals surface area contributed by atoms with Crippen LogP contribution in [0.4, 0.5) is 5.13 Å². The molecule has 1 aromatic rings. The Kier molecular flexibility index (Phi) is 4.98. The van der Waals surface area contributed by atoms with Gasteiger partial charge in [-0.3, -0.25) is 9.69 Å². The minimum atomic E-state index is 0.233. The Morgan fingerprint density at radius 1 is 1.27 bits per heavy atom. The second-order valence-corrected chi connectivity index (χ2v) is 7.87. The molecule has 5 nitrogen and oxygen atoms in total. The Labute approximate surface area is 136 Å². The molecule has 22 heavy (non-hydrogen) atoms. The van der Waals surface area contributed by atoms with E-state index in [2.05, 4.69) is 21.7 Å². The van der Waals surface area contributed by atoms with Gasteiger partial charge in [0.05, 0.1) is 0 Å². The maximum absolute atomic E-state index is 12.6. The van der Waals surface area contributed by atoms with E-state index in [4.69, 9.17) is 5.73 Å². The van der Waals surface area contributed by atoms with Gasteiger partial charge in [-0.15, -0.1) is 11.3 Å². The first-order valence-corrected chi connectivity index (χ1v) is 9.15. The predicted molar refractivity (Wildman–Crippen MR) is 89.5 cm³/mol. The van der Waals surface area contributed by atoms with Gasteiger partial charge in [0, 0.05) is 36.6 Å². The fourth-order valence-electron chi connectivity index (χ4n) is 3.44. The quantitative estimate of drug-likeness (QED) is 0.926. The normalized spacial score (nSPS) is 22.1. The molecule has 1 aromatic heterocycles. The molecule has 122 valence electrons. The van der Waals surface area contributed by atoms with Gasteiger partial charge < -0.3 is 10.6 Å². The highest BCUT2D eigenvalue weighted by atomic mass is 32.1. The van der Waals surface area contributed by atoms with Gasteiger partial charge in [0.15, 0.2) is 5.13 Å². The molecule has 0 aliphatic carbocycles. The Hall–Kier alpha value is -1.14. The SMILES string of the molecule is CC1CCN(C(=O)C2CCN(Cc3cnc(N)s3)CC2)CC1. The molecule has 0 aromatic carbocycles. The molecule has 2 saturated heterocycles. The van der Waals surface area contributed by atoms with Crippen LogP contribution in [0.2, 0.25) is 0 Å². The molecule has 0 atom stereocenters. The molecule has 2 aliphatic heterocycles. The van der Waals surface area contributed by atoms with E-state index < -0.39 is 0 Å². The predicted octanol–water partition coefficient (Wildman–Crippen LogP) is 2.20. The number of nitrogens with two attached hydrogens (primary N) is 1. The molecule has 0 spiro atoms. The van der Waals surface area contributed by atoms with Gasteiger partial charge in [0.2, 0.25) is 5.91 Å². The van der Waals surface area contributed by atoms with E-state index in [0.29, 0.717) is 11.0 Å². The summed E-state index contributed by atoms with van der Waals surface area (Å²) >= 11 is 1.56. The molecule has 2 aliphatic rings. The van der Waals surface area contributed by atoms with Gasteiger partial charge in [0.25, 0.3) is 0 Å². The Bertz CT molecular complexity index is 502. The van der Waals surface area contributed by atoms with Gasteiger partial charge >= 0.3 is 0 Å². The molecule has 0 unspecified atom stereocenters. The molecule has 3 heterocycles. The number of nitrogen functional groups attached to an aromatic ring is 1. The number of carbonyl (C=O) groups is 1. The van der Waals surface area contributed by atoms with Crippen LogP contribution in [-0.2, 0) is 11.3 Å². The second kappa shape index (κ2) is 6.96. The summed E-state index contributed by atoms with van der Waals surface area (Å²) in [6, 6.07) is 0. The molecule has 2 fully saturated rings. The summed E-state index contributed by atoms with van der Waals surface area (Å²) in [7, 11) is 0. The maximum Gasteiger partial charge on any atom is 0.225 e. The van der Waals surface area contributed by atoms with Gasteiger partial charge in [0.1, 0.15) is 0 Å². The number of hydrogen-bond acceptors (Lipinski definition) is 5.